The second-order valence-corrected chi connectivity index (χ2v) is 20.9. The maximum absolute atomic E-state index is 12.8. The van der Waals surface area contributed by atoms with E-state index in [9.17, 15) is 25.2 Å². The Hall–Kier alpha value is -2.38. The molecule has 322 valence electrons. The number of aliphatic hydroxyl groups is 3. The van der Waals surface area contributed by atoms with Crippen LogP contribution in [0.1, 0.15) is 115 Å². The van der Waals surface area contributed by atoms with E-state index >= 15 is 0 Å². The first kappa shape index (κ1) is 43.7. The molecule has 58 heavy (non-hydrogen) atoms. The summed E-state index contributed by atoms with van der Waals surface area (Å²) in [6.07, 6.45) is 9.47. The van der Waals surface area contributed by atoms with Crippen LogP contribution in [-0.4, -0.2) is 105 Å². The Morgan fingerprint density at radius 2 is 1.93 bits per heavy atom. The monoisotopic (exact) mass is 841 g/mol. The van der Waals surface area contributed by atoms with Gasteiger partial charge in [-0.05, 0) is 107 Å². The number of aliphatic hydroxyl groups excluding tert-OH is 3. The lowest BCUT2D eigenvalue weighted by molar-refractivity contribution is -0.152. The van der Waals surface area contributed by atoms with Crippen LogP contribution in [0.5, 0.6) is 11.5 Å². The van der Waals surface area contributed by atoms with E-state index in [1.807, 2.05) is 27.7 Å². The Morgan fingerprint density at radius 1 is 1.10 bits per heavy atom. The van der Waals surface area contributed by atoms with E-state index in [1.165, 1.54) is 13.3 Å². The molecular formula is C44H67N5O7S2. The summed E-state index contributed by atoms with van der Waals surface area (Å²) in [4.78, 5) is 17.8. The molecule has 10 atom stereocenters. The van der Waals surface area contributed by atoms with Crippen LogP contribution in [0.3, 0.4) is 0 Å². The summed E-state index contributed by atoms with van der Waals surface area (Å²) in [5.41, 5.74) is 6.68. The molecule has 1 aromatic carbocycles. The number of nitrogens with two attached hydrogens (primary N) is 1. The predicted molar refractivity (Wildman–Crippen MR) is 231 cm³/mol. The summed E-state index contributed by atoms with van der Waals surface area (Å²) < 4.78 is 12.9. The van der Waals surface area contributed by atoms with Gasteiger partial charge < -0.3 is 51.6 Å². The number of ether oxygens (including phenoxy) is 2. The molecule has 8 bridgehead atoms. The molecule has 4 heterocycles. The van der Waals surface area contributed by atoms with Crippen LogP contribution in [0.2, 0.25) is 0 Å². The van der Waals surface area contributed by atoms with Gasteiger partial charge >= 0.3 is 5.97 Å². The normalized spacial score (nSPS) is 36.4. The molecule has 9 N–H and O–H groups in total. The van der Waals surface area contributed by atoms with Crippen molar-refractivity contribution in [2.75, 3.05) is 31.1 Å². The summed E-state index contributed by atoms with van der Waals surface area (Å²) in [5, 5.41) is 57.0. The van der Waals surface area contributed by atoms with E-state index < -0.39 is 29.7 Å². The number of phenols is 1. The van der Waals surface area contributed by atoms with Gasteiger partial charge in [-0.15, -0.1) is 0 Å². The highest BCUT2D eigenvalue weighted by Crippen LogP contribution is 2.46. The fourth-order valence-electron chi connectivity index (χ4n) is 11.0. The third-order valence-electron chi connectivity index (χ3n) is 14.3. The molecule has 1 saturated heterocycles. The van der Waals surface area contributed by atoms with Crippen LogP contribution in [0.25, 0.3) is 0 Å². The minimum absolute atomic E-state index is 0.0152. The maximum Gasteiger partial charge on any atom is 0.302 e. The summed E-state index contributed by atoms with van der Waals surface area (Å²) in [6.45, 7) is 4.71. The lowest BCUT2D eigenvalue weighted by atomic mass is 9.64. The molecule has 0 amide bonds. The van der Waals surface area contributed by atoms with Crippen molar-refractivity contribution in [1.82, 2.24) is 16.0 Å². The molecule has 0 radical (unpaired) electrons. The lowest BCUT2D eigenvalue weighted by Gasteiger charge is -2.52. The van der Waals surface area contributed by atoms with Crippen molar-refractivity contribution in [1.29, 1.82) is 0 Å². The van der Waals surface area contributed by atoms with Gasteiger partial charge in [0.05, 0.1) is 30.8 Å². The summed E-state index contributed by atoms with van der Waals surface area (Å²) in [6, 6.07) is 3.66. The molecular weight excluding hydrogens is 775 g/mol. The SMILES string of the molecule is CC(=O)OC1CC(O)CCC2(C(C)O)C#CC3CC4CCC(NCCSSCC5(CCCCC5)NC(N)=NC2)C2(C4)CC(CCN2)Oc2cc(c(CO)cc2O)CC31. The number of piperidine rings is 1. The molecule has 2 spiro atoms. The zero-order valence-electron chi connectivity index (χ0n) is 34.5. The van der Waals surface area contributed by atoms with Crippen LogP contribution in [0, 0.1) is 35.0 Å². The number of phenolic OH excluding ortho intramolecular Hbond substituents is 1. The highest BCUT2D eigenvalue weighted by Gasteiger charge is 2.49. The van der Waals surface area contributed by atoms with Gasteiger partial charge in [0.15, 0.2) is 17.5 Å². The zero-order chi connectivity index (χ0) is 40.9. The van der Waals surface area contributed by atoms with Crippen LogP contribution in [0.15, 0.2) is 17.1 Å². The Bertz CT molecular complexity index is 1680. The maximum atomic E-state index is 12.8. The second kappa shape index (κ2) is 19.1. The quantitative estimate of drug-likeness (QED) is 0.120. The number of hydrogen-bond acceptors (Lipinski definition) is 14. The molecule has 0 aromatic heterocycles. The zero-order valence-corrected chi connectivity index (χ0v) is 36.1. The molecule has 3 aliphatic carbocycles. The van der Waals surface area contributed by atoms with Gasteiger partial charge in [-0.3, -0.25) is 9.79 Å². The highest BCUT2D eigenvalue weighted by atomic mass is 33.1. The van der Waals surface area contributed by atoms with Crippen molar-refractivity contribution in [3.63, 3.8) is 0 Å². The Balaban J connectivity index is 1.38. The third kappa shape index (κ3) is 10.2. The van der Waals surface area contributed by atoms with Gasteiger partial charge in [-0.2, -0.15) is 0 Å². The van der Waals surface area contributed by atoms with Crippen LogP contribution in [0.4, 0.5) is 0 Å². The molecule has 4 aliphatic heterocycles. The Labute approximate surface area is 352 Å². The average molecular weight is 842 g/mol. The Kier molecular flexibility index (Phi) is 14.4. The van der Waals surface area contributed by atoms with Crippen molar-refractivity contribution in [2.24, 2.45) is 33.9 Å². The highest BCUT2D eigenvalue weighted by molar-refractivity contribution is 8.76. The summed E-state index contributed by atoms with van der Waals surface area (Å²) >= 11 is 0. The third-order valence-corrected chi connectivity index (χ3v) is 16.8. The van der Waals surface area contributed by atoms with Crippen LogP contribution < -0.4 is 26.4 Å². The largest absolute Gasteiger partial charge is 0.504 e. The minimum Gasteiger partial charge on any atom is -0.504 e. The van der Waals surface area contributed by atoms with E-state index in [0.717, 1.165) is 94.4 Å². The number of benzene rings is 1. The van der Waals surface area contributed by atoms with E-state index in [0.29, 0.717) is 36.5 Å². The minimum atomic E-state index is -0.991. The number of nitrogens with one attached hydrogen (secondary N) is 3. The van der Waals surface area contributed by atoms with Gasteiger partial charge in [-0.25, -0.2) is 0 Å². The van der Waals surface area contributed by atoms with E-state index in [4.69, 9.17) is 20.2 Å². The predicted octanol–water partition coefficient (Wildman–Crippen LogP) is 4.54. The van der Waals surface area contributed by atoms with Crippen molar-refractivity contribution >= 4 is 33.5 Å². The lowest BCUT2D eigenvalue weighted by Crippen LogP contribution is -2.66. The number of carbonyl (C=O) groups excluding carboxylic acids is 1. The number of hydrogen-bond donors (Lipinski definition) is 8. The van der Waals surface area contributed by atoms with E-state index in [2.05, 4.69) is 27.8 Å². The smallest absolute Gasteiger partial charge is 0.302 e. The number of nitrogens with zero attached hydrogens (tertiary/aromatic N) is 1. The van der Waals surface area contributed by atoms with E-state index in [-0.39, 0.29) is 66.3 Å². The first-order valence-corrected chi connectivity index (χ1v) is 24.4. The van der Waals surface area contributed by atoms with E-state index in [1.54, 1.807) is 13.0 Å². The van der Waals surface area contributed by atoms with Gasteiger partial charge in [0.1, 0.15) is 12.2 Å². The van der Waals surface area contributed by atoms with Crippen molar-refractivity contribution in [2.45, 2.75) is 158 Å². The van der Waals surface area contributed by atoms with Crippen LogP contribution in [-0.2, 0) is 22.6 Å². The number of esters is 1. The fourth-order valence-corrected chi connectivity index (χ4v) is 13.5. The molecule has 1 aromatic rings. The number of carbonyl (C=O) groups is 1. The molecule has 10 unspecified atom stereocenters. The molecule has 2 saturated carbocycles. The molecule has 7 aliphatic rings. The van der Waals surface area contributed by atoms with Gasteiger partial charge in [-0.1, -0.05) is 52.7 Å². The van der Waals surface area contributed by atoms with Crippen molar-refractivity contribution in [3.05, 3.63) is 23.3 Å². The summed E-state index contributed by atoms with van der Waals surface area (Å²) in [5.74, 6) is 9.11. The van der Waals surface area contributed by atoms with Gasteiger partial charge in [0.2, 0.25) is 0 Å². The standard InChI is InChI=1S/C44H67N5O7S2/c1-28(51)42-13-8-31-18-30-6-7-40(46-16-17-57-58-27-43(11-4-3-5-12-43)49-41(45)47-26-42)44(23-30)24-35(10-15-48-44)56-39-21-32(33(25-50)20-37(39)54)19-36(31)38(55-29(2)52)22-34(53)9-14-42/h20-21,28,30-31,34-36,38,40,46,48,50-51,53-54H,3-7,9-12,14-19,22-27H2,1-2H3,(H3,45,47,49). The topological polar surface area (TPSA) is 191 Å². The first-order valence-electron chi connectivity index (χ1n) is 21.9. The Morgan fingerprint density at radius 3 is 2.71 bits per heavy atom. The molecule has 12 nitrogen and oxygen atoms in total. The van der Waals surface area contributed by atoms with Crippen molar-refractivity contribution < 1.29 is 34.7 Å². The van der Waals surface area contributed by atoms with Gasteiger partial charge in [0.25, 0.3) is 0 Å². The first-order chi connectivity index (χ1) is 27.9. The number of guanidine groups is 1. The average Bonchev–Trinajstić information content (AvgIpc) is 3.18. The number of rotatable bonds is 3. The fraction of sp³-hybridized carbons (Fsp3) is 0.773. The molecule has 3 fully saturated rings. The molecule has 8 rings (SSSR count). The van der Waals surface area contributed by atoms with Gasteiger partial charge in [0, 0.05) is 66.8 Å². The number of fused-ring (bicyclic) bond motifs is 11. The number of aromatic hydroxyl groups is 1. The summed E-state index contributed by atoms with van der Waals surface area (Å²) in [7, 11) is 3.81. The molecule has 14 heteroatoms. The van der Waals surface area contributed by atoms with Crippen LogP contribution >= 0.6 is 21.6 Å². The second-order valence-electron chi connectivity index (χ2n) is 18.4. The van der Waals surface area contributed by atoms with Crippen molar-refractivity contribution in [3.8, 4) is 23.3 Å². The number of aliphatic imine (C=N–C) groups is 1.